The minimum Gasteiger partial charge on any atom is -0.372 e. The van der Waals surface area contributed by atoms with Gasteiger partial charge in [-0.2, -0.15) is 0 Å². The van der Waals surface area contributed by atoms with E-state index >= 15 is 0 Å². The highest BCUT2D eigenvalue weighted by Gasteiger charge is 2.33. The zero-order chi connectivity index (χ0) is 14.8. The van der Waals surface area contributed by atoms with Gasteiger partial charge in [-0.3, -0.25) is 10.1 Å². The van der Waals surface area contributed by atoms with Crippen LogP contribution in [0.3, 0.4) is 0 Å². The first-order valence-corrected chi connectivity index (χ1v) is 7.70. The Morgan fingerprint density at radius 1 is 1.19 bits per heavy atom. The minimum atomic E-state index is -0.344. The molecule has 0 aliphatic heterocycles. The third-order valence-electron chi connectivity index (χ3n) is 3.72. The molecule has 1 aliphatic rings. The summed E-state index contributed by atoms with van der Waals surface area (Å²) >= 11 is 3.38. The van der Waals surface area contributed by atoms with Crippen molar-refractivity contribution >= 4 is 27.3 Å². The highest BCUT2D eigenvalue weighted by molar-refractivity contribution is 9.10. The maximum Gasteiger partial charge on any atom is 0.292 e. The van der Waals surface area contributed by atoms with Crippen LogP contribution in [-0.2, 0) is 0 Å². The fraction of sp³-hybridized carbons (Fsp3) is 0.250. The van der Waals surface area contributed by atoms with Crippen molar-refractivity contribution in [2.45, 2.75) is 18.9 Å². The maximum atomic E-state index is 11.2. The van der Waals surface area contributed by atoms with E-state index in [1.54, 1.807) is 12.1 Å². The fourth-order valence-corrected chi connectivity index (χ4v) is 2.87. The Kier molecular flexibility index (Phi) is 3.92. The molecule has 4 nitrogen and oxygen atoms in total. The molecule has 0 radical (unpaired) electrons. The quantitative estimate of drug-likeness (QED) is 0.617. The predicted octanol–water partition coefficient (Wildman–Crippen LogP) is 4.92. The van der Waals surface area contributed by atoms with Crippen LogP contribution in [0.1, 0.15) is 24.4 Å². The molecule has 1 unspecified atom stereocenters. The molecule has 0 amide bonds. The number of hydrogen-bond donors (Lipinski definition) is 1. The molecule has 5 heteroatoms. The first kappa shape index (κ1) is 14.1. The lowest BCUT2D eigenvalue weighted by atomic mass is 10.0. The van der Waals surface area contributed by atoms with Crippen molar-refractivity contribution in [2.24, 2.45) is 5.92 Å². The number of rotatable bonds is 5. The smallest absolute Gasteiger partial charge is 0.292 e. The normalized spacial score (nSPS) is 15.5. The van der Waals surface area contributed by atoms with E-state index in [-0.39, 0.29) is 16.7 Å². The van der Waals surface area contributed by atoms with E-state index in [1.807, 2.05) is 18.2 Å². The van der Waals surface area contributed by atoms with Crippen LogP contribution < -0.4 is 5.32 Å². The van der Waals surface area contributed by atoms with Gasteiger partial charge in [0, 0.05) is 10.5 Å². The van der Waals surface area contributed by atoms with Gasteiger partial charge < -0.3 is 5.32 Å². The summed E-state index contributed by atoms with van der Waals surface area (Å²) in [5.41, 5.74) is 1.85. The van der Waals surface area contributed by atoms with E-state index in [4.69, 9.17) is 0 Å². The lowest BCUT2D eigenvalue weighted by Gasteiger charge is -2.20. The molecule has 1 aliphatic carbocycles. The van der Waals surface area contributed by atoms with Crippen LogP contribution >= 0.6 is 15.9 Å². The number of hydrogen-bond acceptors (Lipinski definition) is 3. The fourth-order valence-electron chi connectivity index (χ4n) is 2.51. The monoisotopic (exact) mass is 346 g/mol. The molecule has 108 valence electrons. The SMILES string of the molecule is O=[N+]([O-])c1ccc(Br)cc1NC(c1ccccc1)C1CC1. The molecule has 2 aromatic rings. The summed E-state index contributed by atoms with van der Waals surface area (Å²) in [7, 11) is 0. The molecule has 1 N–H and O–H groups in total. The molecule has 3 rings (SSSR count). The van der Waals surface area contributed by atoms with Crippen LogP contribution in [-0.4, -0.2) is 4.92 Å². The van der Waals surface area contributed by atoms with E-state index < -0.39 is 0 Å². The van der Waals surface area contributed by atoms with Crippen LogP contribution in [0.25, 0.3) is 0 Å². The van der Waals surface area contributed by atoms with Crippen molar-refractivity contribution in [3.63, 3.8) is 0 Å². The number of nitrogens with zero attached hydrogens (tertiary/aromatic N) is 1. The Morgan fingerprint density at radius 3 is 2.52 bits per heavy atom. The Bertz CT molecular complexity index is 657. The van der Waals surface area contributed by atoms with Crippen molar-refractivity contribution in [2.75, 3.05) is 5.32 Å². The molecule has 1 saturated carbocycles. The molecule has 21 heavy (non-hydrogen) atoms. The number of benzene rings is 2. The van der Waals surface area contributed by atoms with Crippen LogP contribution in [0.5, 0.6) is 0 Å². The van der Waals surface area contributed by atoms with Crippen molar-refractivity contribution in [1.82, 2.24) is 0 Å². The highest BCUT2D eigenvalue weighted by Crippen LogP contribution is 2.44. The summed E-state index contributed by atoms with van der Waals surface area (Å²) in [6.45, 7) is 0. The van der Waals surface area contributed by atoms with Crippen LogP contribution in [0.15, 0.2) is 53.0 Å². The maximum absolute atomic E-state index is 11.2. The van der Waals surface area contributed by atoms with Crippen molar-refractivity contribution < 1.29 is 4.92 Å². The summed E-state index contributed by atoms with van der Waals surface area (Å²) in [6, 6.07) is 15.2. The average molecular weight is 347 g/mol. The first-order chi connectivity index (χ1) is 10.1. The summed E-state index contributed by atoms with van der Waals surface area (Å²) < 4.78 is 0.832. The largest absolute Gasteiger partial charge is 0.372 e. The van der Waals surface area contributed by atoms with Gasteiger partial charge in [0.15, 0.2) is 0 Å². The third kappa shape index (κ3) is 3.24. The Labute approximate surface area is 131 Å². The van der Waals surface area contributed by atoms with Crippen molar-refractivity contribution in [1.29, 1.82) is 0 Å². The zero-order valence-electron chi connectivity index (χ0n) is 11.3. The van der Waals surface area contributed by atoms with E-state index in [2.05, 4.69) is 33.4 Å². The molecule has 0 aromatic heterocycles. The second-order valence-electron chi connectivity index (χ2n) is 5.29. The van der Waals surface area contributed by atoms with Gasteiger partial charge in [-0.25, -0.2) is 0 Å². The molecule has 0 saturated heterocycles. The lowest BCUT2D eigenvalue weighted by molar-refractivity contribution is -0.384. The van der Waals surface area contributed by atoms with Gasteiger partial charge in [-0.15, -0.1) is 0 Å². The number of nitrogens with one attached hydrogen (secondary N) is 1. The van der Waals surface area contributed by atoms with Gasteiger partial charge in [-0.05, 0) is 36.5 Å². The van der Waals surface area contributed by atoms with E-state index in [0.717, 1.165) is 17.3 Å². The Morgan fingerprint density at radius 2 is 1.90 bits per heavy atom. The topological polar surface area (TPSA) is 55.2 Å². The molecular formula is C16H15BrN2O2. The number of anilines is 1. The summed E-state index contributed by atoms with van der Waals surface area (Å²) in [4.78, 5) is 10.8. The molecule has 2 aromatic carbocycles. The molecule has 0 heterocycles. The number of nitro benzene ring substituents is 1. The number of nitro groups is 1. The van der Waals surface area contributed by atoms with Crippen LogP contribution in [0.2, 0.25) is 0 Å². The molecule has 1 fully saturated rings. The molecule has 1 atom stereocenters. The standard InChI is InChI=1S/C16H15BrN2O2/c17-13-8-9-15(19(20)21)14(10-13)18-16(12-6-7-12)11-4-2-1-3-5-11/h1-5,8-10,12,16,18H,6-7H2. The number of halogens is 1. The van der Waals surface area contributed by atoms with Crippen LogP contribution in [0.4, 0.5) is 11.4 Å². The lowest BCUT2D eigenvalue weighted by Crippen LogP contribution is -2.14. The Hall–Kier alpha value is -1.88. The van der Waals surface area contributed by atoms with E-state index in [0.29, 0.717) is 11.6 Å². The van der Waals surface area contributed by atoms with Crippen molar-refractivity contribution in [3.05, 3.63) is 68.7 Å². The summed E-state index contributed by atoms with van der Waals surface area (Å²) in [5.74, 6) is 0.547. The highest BCUT2D eigenvalue weighted by atomic mass is 79.9. The van der Waals surface area contributed by atoms with Gasteiger partial charge in [0.25, 0.3) is 5.69 Å². The Balaban J connectivity index is 1.93. The molecule has 0 bridgehead atoms. The van der Waals surface area contributed by atoms with Crippen molar-refractivity contribution in [3.8, 4) is 0 Å². The molecular weight excluding hydrogens is 332 g/mol. The van der Waals surface area contributed by atoms with Gasteiger partial charge in [0.05, 0.1) is 11.0 Å². The average Bonchev–Trinajstić information content (AvgIpc) is 3.30. The van der Waals surface area contributed by atoms with Gasteiger partial charge in [0.2, 0.25) is 0 Å². The van der Waals surface area contributed by atoms with E-state index in [1.165, 1.54) is 11.6 Å². The minimum absolute atomic E-state index is 0.111. The third-order valence-corrected chi connectivity index (χ3v) is 4.21. The van der Waals surface area contributed by atoms with Crippen LogP contribution in [0, 0.1) is 16.0 Å². The summed E-state index contributed by atoms with van der Waals surface area (Å²) in [5, 5.41) is 14.6. The second kappa shape index (κ2) is 5.85. The van der Waals surface area contributed by atoms with Gasteiger partial charge in [-0.1, -0.05) is 46.3 Å². The molecule has 0 spiro atoms. The second-order valence-corrected chi connectivity index (χ2v) is 6.20. The van der Waals surface area contributed by atoms with Gasteiger partial charge >= 0.3 is 0 Å². The zero-order valence-corrected chi connectivity index (χ0v) is 12.9. The first-order valence-electron chi connectivity index (χ1n) is 6.90. The van der Waals surface area contributed by atoms with E-state index in [9.17, 15) is 10.1 Å². The van der Waals surface area contributed by atoms with Gasteiger partial charge in [0.1, 0.15) is 5.69 Å². The summed E-state index contributed by atoms with van der Waals surface area (Å²) in [6.07, 6.45) is 2.32. The predicted molar refractivity (Wildman–Crippen MR) is 86.3 cm³/mol.